The molecule has 0 aromatic carbocycles. The van der Waals surface area contributed by atoms with Crippen molar-refractivity contribution in [1.82, 2.24) is 0 Å². The summed E-state index contributed by atoms with van der Waals surface area (Å²) in [5.74, 6) is -0.910. The van der Waals surface area contributed by atoms with Gasteiger partial charge in [-0.05, 0) is 70.6 Å². The minimum absolute atomic E-state index is 0.190. The third kappa shape index (κ3) is 38.8. The van der Waals surface area contributed by atoms with Crippen LogP contribution < -0.4 is 0 Å². The van der Waals surface area contributed by atoms with Crippen molar-refractivity contribution < 1.29 is 37.9 Å². The molecule has 0 saturated carbocycles. The Morgan fingerprint density at radius 1 is 0.540 bits per heavy atom. The predicted molar refractivity (Wildman–Crippen MR) is 207 cm³/mol. The molecule has 290 valence electrons. The fourth-order valence-corrected chi connectivity index (χ4v) is 5.74. The zero-order valence-electron chi connectivity index (χ0n) is 31.8. The maximum Gasteiger partial charge on any atom is 0.469 e. The van der Waals surface area contributed by atoms with E-state index in [-0.39, 0.29) is 19.4 Å². The quantitative estimate of drug-likeness (QED) is 0.0284. The van der Waals surface area contributed by atoms with Gasteiger partial charge in [-0.25, -0.2) is 4.57 Å². The molecule has 8 nitrogen and oxygen atoms in total. The summed E-state index contributed by atoms with van der Waals surface area (Å²) in [7, 11) is -4.76. The summed E-state index contributed by atoms with van der Waals surface area (Å²) >= 11 is 0. The molecule has 0 aliphatic heterocycles. The van der Waals surface area contributed by atoms with Gasteiger partial charge in [0.2, 0.25) is 0 Å². The molecular weight excluding hydrogens is 651 g/mol. The second-order valence-electron chi connectivity index (χ2n) is 13.2. The molecule has 2 N–H and O–H groups in total. The summed E-state index contributed by atoms with van der Waals surface area (Å²) in [6, 6.07) is 0. The largest absolute Gasteiger partial charge is 0.469 e. The molecule has 0 amide bonds. The molecule has 0 heterocycles. The number of carbonyl (C=O) groups is 2. The summed E-state index contributed by atoms with van der Waals surface area (Å²) in [5.41, 5.74) is 0. The van der Waals surface area contributed by atoms with E-state index < -0.39 is 32.5 Å². The lowest BCUT2D eigenvalue weighted by atomic mass is 10.1. The molecular formula is C41H73O8P. The Bertz CT molecular complexity index is 952. The number of esters is 2. The normalized spacial score (nSPS) is 13.0. The minimum atomic E-state index is -4.76. The molecule has 0 aromatic rings. The molecule has 0 bridgehead atoms. The van der Waals surface area contributed by atoms with Gasteiger partial charge < -0.3 is 19.3 Å². The molecule has 0 saturated heterocycles. The molecule has 0 aliphatic carbocycles. The average molecular weight is 725 g/mol. The van der Waals surface area contributed by atoms with E-state index >= 15 is 0 Å². The Labute approximate surface area is 305 Å². The van der Waals surface area contributed by atoms with Crippen molar-refractivity contribution in [3.8, 4) is 0 Å². The van der Waals surface area contributed by atoms with Crippen molar-refractivity contribution in [2.75, 3.05) is 13.2 Å². The number of rotatable bonds is 36. The molecule has 0 aromatic heterocycles. The maximum absolute atomic E-state index is 12.4. The van der Waals surface area contributed by atoms with E-state index in [1.165, 1.54) is 64.2 Å². The molecule has 9 heteroatoms. The number of unbranched alkanes of at least 4 members (excludes halogenated alkanes) is 18. The third-order valence-electron chi connectivity index (χ3n) is 8.33. The third-order valence-corrected chi connectivity index (χ3v) is 8.82. The van der Waals surface area contributed by atoms with E-state index in [0.717, 1.165) is 77.0 Å². The van der Waals surface area contributed by atoms with Gasteiger partial charge in [0.1, 0.15) is 6.61 Å². The summed E-state index contributed by atoms with van der Waals surface area (Å²) in [4.78, 5) is 42.8. The first-order valence-corrected chi connectivity index (χ1v) is 21.5. The molecule has 0 rings (SSSR count). The number of allylic oxidation sites excluding steroid dienone is 8. The highest BCUT2D eigenvalue weighted by atomic mass is 31.2. The van der Waals surface area contributed by atoms with Crippen molar-refractivity contribution >= 4 is 19.8 Å². The van der Waals surface area contributed by atoms with E-state index in [9.17, 15) is 14.2 Å². The first kappa shape index (κ1) is 48.0. The Morgan fingerprint density at radius 3 is 1.46 bits per heavy atom. The molecule has 0 spiro atoms. The van der Waals surface area contributed by atoms with Gasteiger partial charge in [0, 0.05) is 12.8 Å². The van der Waals surface area contributed by atoms with Crippen LogP contribution in [0, 0.1) is 0 Å². The highest BCUT2D eigenvalue weighted by molar-refractivity contribution is 7.46. The maximum atomic E-state index is 12.4. The highest BCUT2D eigenvalue weighted by Crippen LogP contribution is 2.36. The van der Waals surface area contributed by atoms with Gasteiger partial charge in [-0.15, -0.1) is 0 Å². The molecule has 1 atom stereocenters. The van der Waals surface area contributed by atoms with Gasteiger partial charge in [-0.3, -0.25) is 14.1 Å². The van der Waals surface area contributed by atoms with Gasteiger partial charge in [-0.1, -0.05) is 146 Å². The molecule has 0 fully saturated rings. The number of phosphoric ester groups is 1. The Hall–Kier alpha value is -1.99. The zero-order valence-corrected chi connectivity index (χ0v) is 32.7. The lowest BCUT2D eigenvalue weighted by Gasteiger charge is -2.18. The molecule has 50 heavy (non-hydrogen) atoms. The van der Waals surface area contributed by atoms with Crippen molar-refractivity contribution in [2.24, 2.45) is 0 Å². The van der Waals surface area contributed by atoms with Crippen LogP contribution in [0.3, 0.4) is 0 Å². The molecule has 0 radical (unpaired) electrons. The predicted octanol–water partition coefficient (Wildman–Crippen LogP) is 12.0. The Kier molecular flexibility index (Phi) is 35.3. The minimum Gasteiger partial charge on any atom is -0.462 e. The van der Waals surface area contributed by atoms with Crippen LogP contribution in [0.4, 0.5) is 0 Å². The van der Waals surface area contributed by atoms with Crippen molar-refractivity contribution in [2.45, 2.75) is 187 Å². The second-order valence-corrected chi connectivity index (χ2v) is 14.5. The standard InChI is InChI=1S/C41H73O8P/c1-3-5-7-9-11-13-15-17-19-20-22-23-25-27-29-31-33-35-40(42)47-37-39(38-48-50(44,45)46)49-41(43)36-34-32-30-28-26-24-21-18-16-14-12-10-8-6-4-2/h6,8,12,14,17-19,21,39H,3-5,7,9-11,13,15-16,20,22-38H2,1-2H3,(H2,44,45,46)/b8-6-,14-12-,19-17-,21-18-/t39-/m1/s1. The van der Waals surface area contributed by atoms with Crippen LogP contribution in [0.1, 0.15) is 181 Å². The number of hydrogen-bond donors (Lipinski definition) is 2. The summed E-state index contributed by atoms with van der Waals surface area (Å²) in [6.45, 7) is 3.55. The lowest BCUT2D eigenvalue weighted by Crippen LogP contribution is -2.29. The average Bonchev–Trinajstić information content (AvgIpc) is 3.08. The monoisotopic (exact) mass is 725 g/mol. The van der Waals surface area contributed by atoms with E-state index in [2.05, 4.69) is 67.0 Å². The summed E-state index contributed by atoms with van der Waals surface area (Å²) in [5, 5.41) is 0. The van der Waals surface area contributed by atoms with E-state index in [0.29, 0.717) is 12.8 Å². The van der Waals surface area contributed by atoms with Crippen LogP contribution in [0.15, 0.2) is 48.6 Å². The van der Waals surface area contributed by atoms with Crippen LogP contribution >= 0.6 is 7.82 Å². The first-order chi connectivity index (χ1) is 24.3. The van der Waals surface area contributed by atoms with Crippen LogP contribution in [0.25, 0.3) is 0 Å². The van der Waals surface area contributed by atoms with Crippen molar-refractivity contribution in [3.63, 3.8) is 0 Å². The SMILES string of the molecule is CC/C=C\C/C=C\C/C=C\CCCCCCCC(=O)O[C@H](COC(=O)CCCCCCCCC/C=C\CCCCCCCC)COP(=O)(O)O. The highest BCUT2D eigenvalue weighted by Gasteiger charge is 2.22. The second kappa shape index (κ2) is 36.8. The summed E-state index contributed by atoms with van der Waals surface area (Å²) < 4.78 is 26.3. The fourth-order valence-electron chi connectivity index (χ4n) is 5.38. The number of hydrogen-bond acceptors (Lipinski definition) is 6. The Morgan fingerprint density at radius 2 is 0.960 bits per heavy atom. The lowest BCUT2D eigenvalue weighted by molar-refractivity contribution is -0.161. The van der Waals surface area contributed by atoms with Gasteiger partial charge in [-0.2, -0.15) is 0 Å². The zero-order chi connectivity index (χ0) is 36.8. The number of phosphoric acid groups is 1. The van der Waals surface area contributed by atoms with Crippen molar-refractivity contribution in [1.29, 1.82) is 0 Å². The van der Waals surface area contributed by atoms with Crippen LogP contribution in [-0.2, 0) is 28.2 Å². The topological polar surface area (TPSA) is 119 Å². The van der Waals surface area contributed by atoms with Crippen molar-refractivity contribution in [3.05, 3.63) is 48.6 Å². The van der Waals surface area contributed by atoms with Crippen LogP contribution in [-0.4, -0.2) is 41.0 Å². The fraction of sp³-hybridized carbons (Fsp3) is 0.756. The molecule has 0 unspecified atom stereocenters. The van der Waals surface area contributed by atoms with E-state index in [1.54, 1.807) is 0 Å². The van der Waals surface area contributed by atoms with Crippen LogP contribution in [0.5, 0.6) is 0 Å². The Balaban J connectivity index is 3.97. The number of carbonyl (C=O) groups excluding carboxylic acids is 2. The van der Waals surface area contributed by atoms with Gasteiger partial charge >= 0.3 is 19.8 Å². The van der Waals surface area contributed by atoms with E-state index in [4.69, 9.17) is 19.3 Å². The molecule has 0 aliphatic rings. The van der Waals surface area contributed by atoms with Gasteiger partial charge in [0.15, 0.2) is 6.10 Å². The van der Waals surface area contributed by atoms with Gasteiger partial charge in [0.05, 0.1) is 6.61 Å². The first-order valence-electron chi connectivity index (χ1n) is 19.9. The van der Waals surface area contributed by atoms with Gasteiger partial charge in [0.25, 0.3) is 0 Å². The number of ether oxygens (including phenoxy) is 2. The van der Waals surface area contributed by atoms with E-state index in [1.807, 2.05) is 0 Å². The summed E-state index contributed by atoms with van der Waals surface area (Å²) in [6.07, 6.45) is 44.0. The smallest absolute Gasteiger partial charge is 0.462 e. The van der Waals surface area contributed by atoms with Crippen LogP contribution in [0.2, 0.25) is 0 Å².